The van der Waals surface area contributed by atoms with E-state index >= 15 is 0 Å². The highest BCUT2D eigenvalue weighted by Crippen LogP contribution is 2.14. The molecule has 1 atom stereocenters. The highest BCUT2D eigenvalue weighted by Gasteiger charge is 2.09. The number of carbonyl (C=O) groups excluding carboxylic acids is 2. The molecule has 1 aromatic carbocycles. The fourth-order valence-corrected chi connectivity index (χ4v) is 1.63. The fraction of sp³-hybridized carbons (Fsp3) is 0.429. The molecule has 0 radical (unpaired) electrons. The number of hydrogen-bond acceptors (Lipinski definition) is 2. The highest BCUT2D eigenvalue weighted by molar-refractivity contribution is 5.94. The first-order valence-corrected chi connectivity index (χ1v) is 5.94. The molecule has 1 aromatic rings. The summed E-state index contributed by atoms with van der Waals surface area (Å²) >= 11 is 0. The third kappa shape index (κ3) is 4.02. The molecule has 1 rings (SSSR count). The van der Waals surface area contributed by atoms with E-state index in [0.29, 0.717) is 12.0 Å². The summed E-state index contributed by atoms with van der Waals surface area (Å²) in [5, 5.41) is 2.92. The molecule has 3 nitrogen and oxygen atoms in total. The maximum Gasteiger partial charge on any atom is 0.220 e. The molecule has 0 fully saturated rings. The lowest BCUT2D eigenvalue weighted by Gasteiger charge is -2.14. The quantitative estimate of drug-likeness (QED) is 0.795. The second-order valence-corrected chi connectivity index (χ2v) is 4.22. The van der Waals surface area contributed by atoms with Crippen LogP contribution in [0.15, 0.2) is 24.3 Å². The monoisotopic (exact) mass is 233 g/mol. The molecule has 0 aliphatic heterocycles. The molecule has 0 aliphatic rings. The van der Waals surface area contributed by atoms with Gasteiger partial charge in [0.2, 0.25) is 5.91 Å². The van der Waals surface area contributed by atoms with Crippen molar-refractivity contribution in [2.75, 3.05) is 0 Å². The summed E-state index contributed by atoms with van der Waals surface area (Å²) < 4.78 is 0. The van der Waals surface area contributed by atoms with E-state index in [9.17, 15) is 9.59 Å². The Labute approximate surface area is 102 Å². The summed E-state index contributed by atoms with van der Waals surface area (Å²) in [6.45, 7) is 5.46. The highest BCUT2D eigenvalue weighted by atomic mass is 16.1. The van der Waals surface area contributed by atoms with Gasteiger partial charge in [0.1, 0.15) is 0 Å². The van der Waals surface area contributed by atoms with Gasteiger partial charge in [0, 0.05) is 12.0 Å². The number of hydrogen-bond donors (Lipinski definition) is 1. The predicted octanol–water partition coefficient (Wildman–Crippen LogP) is 2.87. The molecule has 92 valence electrons. The van der Waals surface area contributed by atoms with Gasteiger partial charge >= 0.3 is 0 Å². The Balaban J connectivity index is 2.66. The zero-order chi connectivity index (χ0) is 12.8. The van der Waals surface area contributed by atoms with Gasteiger partial charge in [-0.15, -0.1) is 0 Å². The van der Waals surface area contributed by atoms with Gasteiger partial charge in [-0.05, 0) is 25.8 Å². The molecule has 0 saturated carbocycles. The largest absolute Gasteiger partial charge is 0.350 e. The molecule has 17 heavy (non-hydrogen) atoms. The molecule has 0 aliphatic carbocycles. The van der Waals surface area contributed by atoms with Gasteiger partial charge in [0.05, 0.1) is 6.04 Å². The number of amides is 1. The van der Waals surface area contributed by atoms with Crippen molar-refractivity contribution in [1.29, 1.82) is 0 Å². The van der Waals surface area contributed by atoms with Crippen molar-refractivity contribution in [2.24, 2.45) is 0 Å². The van der Waals surface area contributed by atoms with E-state index in [2.05, 4.69) is 5.32 Å². The minimum atomic E-state index is -0.0185. The van der Waals surface area contributed by atoms with Crippen molar-refractivity contribution in [1.82, 2.24) is 5.32 Å². The van der Waals surface area contributed by atoms with Crippen LogP contribution in [0, 0.1) is 0 Å². The van der Waals surface area contributed by atoms with E-state index in [1.54, 1.807) is 19.1 Å². The molecule has 0 saturated heterocycles. The summed E-state index contributed by atoms with van der Waals surface area (Å²) in [4.78, 5) is 22.6. The molecule has 0 aromatic heterocycles. The van der Waals surface area contributed by atoms with E-state index in [1.807, 2.05) is 26.0 Å². The van der Waals surface area contributed by atoms with Gasteiger partial charge in [0.15, 0.2) is 5.78 Å². The van der Waals surface area contributed by atoms with Crippen LogP contribution in [0.2, 0.25) is 0 Å². The molecular formula is C14H19NO2. The van der Waals surface area contributed by atoms with Crippen molar-refractivity contribution in [3.8, 4) is 0 Å². The van der Waals surface area contributed by atoms with Crippen LogP contribution in [0.3, 0.4) is 0 Å². The van der Waals surface area contributed by atoms with E-state index in [0.717, 1.165) is 12.0 Å². The number of carbonyl (C=O) groups is 2. The Hall–Kier alpha value is -1.64. The van der Waals surface area contributed by atoms with Gasteiger partial charge in [-0.3, -0.25) is 9.59 Å². The Morgan fingerprint density at radius 1 is 1.24 bits per heavy atom. The Bertz CT molecular complexity index is 395. The van der Waals surface area contributed by atoms with E-state index in [-0.39, 0.29) is 17.7 Å². The lowest BCUT2D eigenvalue weighted by molar-refractivity contribution is -0.121. The molecular weight excluding hydrogens is 214 g/mol. The van der Waals surface area contributed by atoms with Crippen LogP contribution in [0.5, 0.6) is 0 Å². The van der Waals surface area contributed by atoms with Gasteiger partial charge < -0.3 is 5.32 Å². The van der Waals surface area contributed by atoms with E-state index in [4.69, 9.17) is 0 Å². The zero-order valence-corrected chi connectivity index (χ0v) is 10.6. The van der Waals surface area contributed by atoms with Crippen LogP contribution in [0.4, 0.5) is 0 Å². The average Bonchev–Trinajstić information content (AvgIpc) is 2.29. The van der Waals surface area contributed by atoms with Crippen molar-refractivity contribution >= 4 is 11.7 Å². The van der Waals surface area contributed by atoms with Crippen molar-refractivity contribution < 1.29 is 9.59 Å². The first-order chi connectivity index (χ1) is 8.04. The summed E-state index contributed by atoms with van der Waals surface area (Å²) in [6.07, 6.45) is 1.40. The van der Waals surface area contributed by atoms with Gasteiger partial charge in [-0.2, -0.15) is 0 Å². The molecule has 0 bridgehead atoms. The maximum absolute atomic E-state index is 11.4. The topological polar surface area (TPSA) is 46.2 Å². The molecule has 0 unspecified atom stereocenters. The average molecular weight is 233 g/mol. The molecule has 3 heteroatoms. The van der Waals surface area contributed by atoms with Crippen LogP contribution in [-0.2, 0) is 4.79 Å². The minimum Gasteiger partial charge on any atom is -0.350 e. The predicted molar refractivity (Wildman–Crippen MR) is 67.9 cm³/mol. The second-order valence-electron chi connectivity index (χ2n) is 4.22. The number of Topliss-reactive ketones (excluding diaryl/α,β-unsaturated/α-hetero) is 1. The maximum atomic E-state index is 11.4. The molecule has 1 N–H and O–H groups in total. The molecule has 0 spiro atoms. The normalized spacial score (nSPS) is 11.9. The van der Waals surface area contributed by atoms with Crippen LogP contribution in [0.1, 0.15) is 55.6 Å². The Kier molecular flexibility index (Phi) is 4.88. The fourth-order valence-electron chi connectivity index (χ4n) is 1.63. The van der Waals surface area contributed by atoms with E-state index < -0.39 is 0 Å². The summed E-state index contributed by atoms with van der Waals surface area (Å²) in [5.41, 5.74) is 1.71. The van der Waals surface area contributed by atoms with Crippen molar-refractivity contribution in [3.63, 3.8) is 0 Å². The van der Waals surface area contributed by atoms with Crippen LogP contribution in [0.25, 0.3) is 0 Å². The van der Waals surface area contributed by atoms with Crippen molar-refractivity contribution in [2.45, 2.75) is 39.7 Å². The van der Waals surface area contributed by atoms with E-state index in [1.165, 1.54) is 0 Å². The third-order valence-corrected chi connectivity index (χ3v) is 2.67. The summed E-state index contributed by atoms with van der Waals surface area (Å²) in [6, 6.07) is 7.33. The summed E-state index contributed by atoms with van der Waals surface area (Å²) in [5.74, 6) is 0.120. The first kappa shape index (κ1) is 13.4. The SMILES string of the molecule is CCCC(=O)N[C@@H](C)c1ccc(C(C)=O)cc1. The Morgan fingerprint density at radius 3 is 2.29 bits per heavy atom. The minimum absolute atomic E-state index is 0.0185. The number of nitrogens with one attached hydrogen (secondary N) is 1. The zero-order valence-electron chi connectivity index (χ0n) is 10.6. The lowest BCUT2D eigenvalue weighted by Crippen LogP contribution is -2.26. The van der Waals surface area contributed by atoms with Crippen LogP contribution < -0.4 is 5.32 Å². The van der Waals surface area contributed by atoms with Gasteiger partial charge in [-0.1, -0.05) is 31.2 Å². The Morgan fingerprint density at radius 2 is 1.82 bits per heavy atom. The number of ketones is 1. The van der Waals surface area contributed by atoms with Crippen LogP contribution >= 0.6 is 0 Å². The molecule has 0 heterocycles. The first-order valence-electron chi connectivity index (χ1n) is 5.94. The lowest BCUT2D eigenvalue weighted by atomic mass is 10.0. The van der Waals surface area contributed by atoms with Gasteiger partial charge in [-0.25, -0.2) is 0 Å². The molecule has 1 amide bonds. The number of rotatable bonds is 5. The second kappa shape index (κ2) is 6.18. The van der Waals surface area contributed by atoms with Crippen molar-refractivity contribution in [3.05, 3.63) is 35.4 Å². The van der Waals surface area contributed by atoms with Crippen LogP contribution in [-0.4, -0.2) is 11.7 Å². The van der Waals surface area contributed by atoms with Gasteiger partial charge in [0.25, 0.3) is 0 Å². The third-order valence-electron chi connectivity index (χ3n) is 2.67. The smallest absolute Gasteiger partial charge is 0.220 e. The standard InChI is InChI=1S/C14H19NO2/c1-4-5-14(17)15-10(2)12-6-8-13(9-7-12)11(3)16/h6-10H,4-5H2,1-3H3,(H,15,17)/t10-/m0/s1. The number of benzene rings is 1. The summed E-state index contributed by atoms with van der Waals surface area (Å²) in [7, 11) is 0.